The molecule has 0 saturated heterocycles. The van der Waals surface area contributed by atoms with Crippen LogP contribution in [0.2, 0.25) is 0 Å². The third-order valence-corrected chi connectivity index (χ3v) is 7.01. The third kappa shape index (κ3) is 2.50. The van der Waals surface area contributed by atoms with Crippen LogP contribution in [0.4, 0.5) is 5.69 Å². The number of carbonyl (C=O) groups excluding carboxylic acids is 2. The maximum absolute atomic E-state index is 12.0. The van der Waals surface area contributed by atoms with Gasteiger partial charge in [-0.1, -0.05) is 30.0 Å². The van der Waals surface area contributed by atoms with Gasteiger partial charge in [-0.25, -0.2) is 9.80 Å². The van der Waals surface area contributed by atoms with Crippen LogP contribution in [0.15, 0.2) is 46.0 Å². The lowest BCUT2D eigenvalue weighted by Crippen LogP contribution is -2.47. The zero-order valence-electron chi connectivity index (χ0n) is 13.8. The number of anilines is 1. The number of benzene rings is 1. The molecule has 1 aromatic rings. The van der Waals surface area contributed by atoms with Crippen molar-refractivity contribution in [1.82, 2.24) is 4.90 Å². The molecule has 0 saturated carbocycles. The van der Waals surface area contributed by atoms with Crippen molar-refractivity contribution in [3.05, 3.63) is 40.9 Å². The first-order chi connectivity index (χ1) is 11.4. The molecule has 0 bridgehead atoms. The summed E-state index contributed by atoms with van der Waals surface area (Å²) in [6.45, 7) is 3.45. The maximum atomic E-state index is 12.0. The van der Waals surface area contributed by atoms with E-state index >= 15 is 0 Å². The van der Waals surface area contributed by atoms with Gasteiger partial charge in [-0.2, -0.15) is 5.10 Å². The first kappa shape index (κ1) is 16.9. The highest BCUT2D eigenvalue weighted by atomic mass is 32.2. The van der Waals surface area contributed by atoms with Crippen molar-refractivity contribution >= 4 is 46.0 Å². The number of para-hydroxylation sites is 1. The van der Waals surface area contributed by atoms with Gasteiger partial charge >= 0.3 is 5.97 Å². The van der Waals surface area contributed by atoms with Crippen molar-refractivity contribution in [1.29, 1.82) is 0 Å². The second kappa shape index (κ2) is 6.18. The standard InChI is InChI=1S/C16H17N3O3S2/c1-10-13(11(2)20)23-16(18(10)3)19(12-8-6-5-7-9-12)17-14(24-16)15(21)22-4/h5-9H,1-4H3. The third-order valence-electron chi connectivity index (χ3n) is 3.86. The molecule has 126 valence electrons. The minimum Gasteiger partial charge on any atom is -0.464 e. The van der Waals surface area contributed by atoms with Crippen LogP contribution < -0.4 is 5.01 Å². The van der Waals surface area contributed by atoms with Crippen LogP contribution in [-0.2, 0) is 14.3 Å². The molecule has 1 aromatic carbocycles. The second-order valence-electron chi connectivity index (χ2n) is 5.33. The molecule has 0 aromatic heterocycles. The van der Waals surface area contributed by atoms with Gasteiger partial charge in [0.2, 0.25) is 9.37 Å². The van der Waals surface area contributed by atoms with Gasteiger partial charge in [0.25, 0.3) is 0 Å². The summed E-state index contributed by atoms with van der Waals surface area (Å²) in [6.07, 6.45) is 0. The van der Waals surface area contributed by atoms with Crippen LogP contribution in [0.5, 0.6) is 0 Å². The lowest BCUT2D eigenvalue weighted by atomic mass is 10.3. The number of hydrogen-bond donors (Lipinski definition) is 0. The quantitative estimate of drug-likeness (QED) is 0.765. The number of methoxy groups -OCH3 is 1. The highest BCUT2D eigenvalue weighted by Crippen LogP contribution is 2.58. The number of Topliss-reactive ketones (excluding diaryl/α,β-unsaturated/α-hetero) is 1. The number of hydrogen-bond acceptors (Lipinski definition) is 8. The highest BCUT2D eigenvalue weighted by Gasteiger charge is 2.55. The molecule has 0 aliphatic carbocycles. The summed E-state index contributed by atoms with van der Waals surface area (Å²) in [5.41, 5.74) is 1.70. The zero-order chi connectivity index (χ0) is 17.5. The fraction of sp³-hybridized carbons (Fsp3) is 0.312. The highest BCUT2D eigenvalue weighted by molar-refractivity contribution is 8.28. The lowest BCUT2D eigenvalue weighted by molar-refractivity contribution is -0.132. The van der Waals surface area contributed by atoms with Gasteiger partial charge in [-0.15, -0.1) is 0 Å². The van der Waals surface area contributed by atoms with Crippen molar-refractivity contribution in [3.8, 4) is 0 Å². The van der Waals surface area contributed by atoms with Gasteiger partial charge in [-0.3, -0.25) is 4.79 Å². The van der Waals surface area contributed by atoms with Crippen molar-refractivity contribution < 1.29 is 14.3 Å². The van der Waals surface area contributed by atoms with Gasteiger partial charge in [0, 0.05) is 12.7 Å². The van der Waals surface area contributed by atoms with E-state index in [1.807, 2.05) is 49.2 Å². The van der Waals surface area contributed by atoms with Gasteiger partial charge in [0.05, 0.1) is 17.7 Å². The Morgan fingerprint density at radius 2 is 1.88 bits per heavy atom. The molecule has 0 amide bonds. The Morgan fingerprint density at radius 3 is 2.42 bits per heavy atom. The van der Waals surface area contributed by atoms with Gasteiger partial charge in [-0.05, 0) is 37.7 Å². The Labute approximate surface area is 148 Å². The van der Waals surface area contributed by atoms with Crippen molar-refractivity contribution in [3.63, 3.8) is 0 Å². The van der Waals surface area contributed by atoms with Crippen LogP contribution in [0, 0.1) is 0 Å². The summed E-state index contributed by atoms with van der Waals surface area (Å²) in [4.78, 5) is 26.7. The first-order valence-corrected chi connectivity index (χ1v) is 8.90. The second-order valence-corrected chi connectivity index (χ2v) is 7.93. The van der Waals surface area contributed by atoms with E-state index in [0.29, 0.717) is 4.91 Å². The van der Waals surface area contributed by atoms with E-state index in [1.54, 1.807) is 11.9 Å². The molecule has 0 N–H and O–H groups in total. The summed E-state index contributed by atoms with van der Waals surface area (Å²) in [6, 6.07) is 9.57. The number of carbonyl (C=O) groups is 2. The number of thioether (sulfide) groups is 2. The summed E-state index contributed by atoms with van der Waals surface area (Å²) in [5.74, 6) is -0.484. The molecule has 6 nitrogen and oxygen atoms in total. The van der Waals surface area contributed by atoms with E-state index < -0.39 is 10.3 Å². The molecular weight excluding hydrogens is 346 g/mol. The predicted octanol–water partition coefficient (Wildman–Crippen LogP) is 2.84. The molecule has 0 radical (unpaired) electrons. The Balaban J connectivity index is 2.07. The van der Waals surface area contributed by atoms with E-state index in [0.717, 1.165) is 11.4 Å². The van der Waals surface area contributed by atoms with Gasteiger partial charge in [0.15, 0.2) is 5.78 Å². The molecule has 24 heavy (non-hydrogen) atoms. The molecule has 1 spiro atoms. The normalized spacial score (nSPS) is 23.1. The van der Waals surface area contributed by atoms with Crippen LogP contribution in [0.25, 0.3) is 0 Å². The molecule has 1 unspecified atom stereocenters. The fourth-order valence-electron chi connectivity index (χ4n) is 2.54. The van der Waals surface area contributed by atoms with E-state index in [4.69, 9.17) is 4.74 Å². The average molecular weight is 363 g/mol. The predicted molar refractivity (Wildman–Crippen MR) is 97.4 cm³/mol. The lowest BCUT2D eigenvalue weighted by Gasteiger charge is -2.39. The zero-order valence-corrected chi connectivity index (χ0v) is 15.4. The maximum Gasteiger partial charge on any atom is 0.365 e. The van der Waals surface area contributed by atoms with Gasteiger partial charge in [0.1, 0.15) is 0 Å². The number of hydrazone groups is 1. The number of ketones is 1. The molecule has 2 aliphatic heterocycles. The minimum absolute atomic E-state index is 0.00125. The van der Waals surface area contributed by atoms with E-state index in [-0.39, 0.29) is 10.8 Å². The Hall–Kier alpha value is -1.93. The number of ether oxygens (including phenoxy) is 1. The van der Waals surface area contributed by atoms with E-state index in [2.05, 4.69) is 5.10 Å². The molecule has 2 aliphatic rings. The number of esters is 1. The van der Waals surface area contributed by atoms with Crippen LogP contribution in [0.3, 0.4) is 0 Å². The number of nitrogens with zero attached hydrogens (tertiary/aromatic N) is 3. The molecular formula is C16H17N3O3S2. The van der Waals surface area contributed by atoms with Crippen molar-refractivity contribution in [2.45, 2.75) is 18.2 Å². The van der Waals surface area contributed by atoms with Gasteiger partial charge < -0.3 is 9.64 Å². The Bertz CT molecular complexity index is 763. The summed E-state index contributed by atoms with van der Waals surface area (Å²) >= 11 is 2.69. The SMILES string of the molecule is COC(=O)C1=NN(c2ccccc2)C2(S1)SC(C(C)=O)=C(C)N2C. The summed E-state index contributed by atoms with van der Waals surface area (Å²) in [7, 11) is 3.23. The number of allylic oxidation sites excluding steroid dienone is 2. The molecule has 1 atom stereocenters. The fourth-order valence-corrected chi connectivity index (χ4v) is 5.45. The van der Waals surface area contributed by atoms with E-state index in [1.165, 1.54) is 30.6 Å². The monoisotopic (exact) mass is 363 g/mol. The van der Waals surface area contributed by atoms with E-state index in [9.17, 15) is 9.59 Å². The molecule has 0 fully saturated rings. The largest absolute Gasteiger partial charge is 0.464 e. The van der Waals surface area contributed by atoms with Crippen molar-refractivity contribution in [2.75, 3.05) is 19.2 Å². The molecule has 3 rings (SSSR count). The minimum atomic E-state index is -0.754. The first-order valence-electron chi connectivity index (χ1n) is 7.26. The molecule has 8 heteroatoms. The summed E-state index contributed by atoms with van der Waals surface area (Å²) in [5, 5.41) is 6.52. The smallest absolute Gasteiger partial charge is 0.365 e. The topological polar surface area (TPSA) is 62.2 Å². The van der Waals surface area contributed by atoms with Crippen LogP contribution in [-0.4, -0.2) is 40.2 Å². The Kier molecular flexibility index (Phi) is 4.35. The molecule has 2 heterocycles. The Morgan fingerprint density at radius 1 is 1.21 bits per heavy atom. The van der Waals surface area contributed by atoms with Crippen molar-refractivity contribution in [2.24, 2.45) is 5.10 Å². The van der Waals surface area contributed by atoms with Crippen LogP contribution in [0.1, 0.15) is 13.8 Å². The summed E-state index contributed by atoms with van der Waals surface area (Å²) < 4.78 is 4.08. The number of rotatable bonds is 3. The van der Waals surface area contributed by atoms with Crippen LogP contribution >= 0.6 is 23.5 Å². The average Bonchev–Trinajstić information content (AvgIpc) is 3.09.